The Hall–Kier alpha value is -2.26. The first-order chi connectivity index (χ1) is 12.5. The molecule has 4 N–H and O–H groups in total. The summed E-state index contributed by atoms with van der Waals surface area (Å²) in [4.78, 5) is 22.4. The molecule has 2 atom stereocenters. The number of anilines is 1. The monoisotopic (exact) mass is 389 g/mol. The van der Waals surface area contributed by atoms with Crippen molar-refractivity contribution in [2.45, 2.75) is 24.8 Å². The van der Waals surface area contributed by atoms with Crippen LogP contribution in [0.4, 0.5) is 5.13 Å². The molecule has 26 heavy (non-hydrogen) atoms. The molecule has 1 saturated heterocycles. The topological polar surface area (TPSA) is 104 Å². The number of hydrogen-bond donors (Lipinski definition) is 3. The fourth-order valence-corrected chi connectivity index (χ4v) is 5.55. The number of thiazole rings is 1. The largest absolute Gasteiger partial charge is 0.477 e. The molecule has 136 valence electrons. The number of allylic oxidation sites excluding steroid dienone is 3. The Morgan fingerprint density at radius 3 is 2.96 bits per heavy atom. The van der Waals surface area contributed by atoms with Gasteiger partial charge in [0.25, 0.3) is 0 Å². The maximum absolute atomic E-state index is 11.8. The second-order valence-electron chi connectivity index (χ2n) is 6.12. The zero-order valence-corrected chi connectivity index (χ0v) is 16.0. The lowest BCUT2D eigenvalue weighted by Crippen LogP contribution is -2.64. The number of hydrogen-bond acceptors (Lipinski definition) is 8. The summed E-state index contributed by atoms with van der Waals surface area (Å²) in [7, 11) is 1.73. The van der Waals surface area contributed by atoms with E-state index in [9.17, 15) is 9.90 Å². The third kappa shape index (κ3) is 2.53. The van der Waals surface area contributed by atoms with Gasteiger partial charge in [-0.25, -0.2) is 9.78 Å². The number of aliphatic imine (C=N–C) groups is 1. The van der Waals surface area contributed by atoms with E-state index in [0.717, 1.165) is 40.5 Å². The van der Waals surface area contributed by atoms with E-state index in [1.807, 2.05) is 29.4 Å². The standard InChI is InChI=1S/C17H19N5O2S2/c1-3-8-6-25-15-13-11(22(15)14(8)16(23)24)5-4-9(20-13)12(19-2)10-7-26-17(18)21-10/h4-5,7,13,15,20H,3,6H2,1-2H3,(H2,18,21)(H,23,24)/t13?,15-/m1/s1. The van der Waals surface area contributed by atoms with E-state index in [-0.39, 0.29) is 11.4 Å². The second-order valence-corrected chi connectivity index (χ2v) is 8.11. The summed E-state index contributed by atoms with van der Waals surface area (Å²) < 4.78 is 0. The van der Waals surface area contributed by atoms with Crippen molar-refractivity contribution in [2.24, 2.45) is 4.99 Å². The minimum atomic E-state index is -0.852. The van der Waals surface area contributed by atoms with Crippen molar-refractivity contribution < 1.29 is 9.90 Å². The highest BCUT2D eigenvalue weighted by atomic mass is 32.2. The lowest BCUT2D eigenvalue weighted by Gasteiger charge is -2.55. The van der Waals surface area contributed by atoms with Crippen LogP contribution < -0.4 is 11.1 Å². The van der Waals surface area contributed by atoms with Crippen molar-refractivity contribution >= 4 is 39.9 Å². The van der Waals surface area contributed by atoms with Crippen LogP contribution >= 0.6 is 23.1 Å². The van der Waals surface area contributed by atoms with Crippen LogP contribution in [0.15, 0.2) is 45.2 Å². The summed E-state index contributed by atoms with van der Waals surface area (Å²) in [5, 5.41) is 15.7. The summed E-state index contributed by atoms with van der Waals surface area (Å²) in [5.41, 5.74) is 10.6. The fourth-order valence-electron chi connectivity index (χ4n) is 3.52. The van der Waals surface area contributed by atoms with Gasteiger partial charge in [-0.3, -0.25) is 4.99 Å². The van der Waals surface area contributed by atoms with Crippen LogP contribution in [0.1, 0.15) is 19.0 Å². The number of carboxylic acid groups (broad SMARTS) is 1. The Morgan fingerprint density at radius 1 is 1.54 bits per heavy atom. The number of rotatable bonds is 4. The molecule has 0 saturated carbocycles. The van der Waals surface area contributed by atoms with Crippen LogP contribution in [0.5, 0.6) is 0 Å². The van der Waals surface area contributed by atoms with E-state index < -0.39 is 5.97 Å². The molecular weight excluding hydrogens is 370 g/mol. The zero-order chi connectivity index (χ0) is 18.4. The molecule has 1 unspecified atom stereocenters. The number of carboxylic acids is 1. The molecular formula is C17H19N5O2S2. The smallest absolute Gasteiger partial charge is 0.352 e. The van der Waals surface area contributed by atoms with Gasteiger partial charge in [-0.15, -0.1) is 23.1 Å². The summed E-state index contributed by atoms with van der Waals surface area (Å²) >= 11 is 3.16. The average Bonchev–Trinajstić information content (AvgIpc) is 3.05. The van der Waals surface area contributed by atoms with E-state index in [2.05, 4.69) is 15.3 Å². The molecule has 1 aromatic rings. The first-order valence-electron chi connectivity index (χ1n) is 8.28. The number of nitrogens with two attached hydrogens (primary N) is 1. The molecule has 0 spiro atoms. The van der Waals surface area contributed by atoms with Crippen molar-refractivity contribution in [1.82, 2.24) is 15.2 Å². The van der Waals surface area contributed by atoms with E-state index in [0.29, 0.717) is 10.8 Å². The highest BCUT2D eigenvalue weighted by Crippen LogP contribution is 2.47. The number of nitrogens with one attached hydrogen (secondary N) is 1. The van der Waals surface area contributed by atoms with Crippen LogP contribution in [0, 0.1) is 0 Å². The predicted octanol–water partition coefficient (Wildman–Crippen LogP) is 2.02. The van der Waals surface area contributed by atoms with Crippen molar-refractivity contribution in [3.05, 3.63) is 45.9 Å². The second kappa shape index (κ2) is 6.48. The van der Waals surface area contributed by atoms with Crippen LogP contribution in [-0.2, 0) is 4.79 Å². The van der Waals surface area contributed by atoms with Gasteiger partial charge in [0.1, 0.15) is 22.5 Å². The lowest BCUT2D eigenvalue weighted by atomic mass is 9.94. The highest BCUT2D eigenvalue weighted by Gasteiger charge is 2.51. The normalized spacial score (nSPS) is 24.8. The van der Waals surface area contributed by atoms with Gasteiger partial charge < -0.3 is 21.1 Å². The zero-order valence-electron chi connectivity index (χ0n) is 14.4. The molecule has 9 heteroatoms. The summed E-state index contributed by atoms with van der Waals surface area (Å²) in [6.07, 6.45) is 4.67. The van der Waals surface area contributed by atoms with Crippen LogP contribution in [0.2, 0.25) is 0 Å². The molecule has 0 amide bonds. The molecule has 3 aliphatic heterocycles. The molecule has 4 rings (SSSR count). The summed E-state index contributed by atoms with van der Waals surface area (Å²) in [6, 6.07) is 0.0699. The van der Waals surface area contributed by atoms with Crippen LogP contribution in [0.3, 0.4) is 0 Å². The maximum Gasteiger partial charge on any atom is 0.352 e. The van der Waals surface area contributed by atoms with Gasteiger partial charge in [0, 0.05) is 23.9 Å². The van der Waals surface area contributed by atoms with Crippen molar-refractivity contribution in [2.75, 3.05) is 18.5 Å². The Labute approximate surface area is 159 Å². The number of dihydropyridines is 1. The van der Waals surface area contributed by atoms with Gasteiger partial charge in [0.2, 0.25) is 0 Å². The van der Waals surface area contributed by atoms with Crippen LogP contribution in [0.25, 0.3) is 0 Å². The molecule has 1 fully saturated rings. The number of nitrogen functional groups attached to an aromatic ring is 1. The molecule has 0 aliphatic carbocycles. The van der Waals surface area contributed by atoms with Gasteiger partial charge in [0.15, 0.2) is 5.13 Å². The van der Waals surface area contributed by atoms with Gasteiger partial charge >= 0.3 is 5.97 Å². The Bertz CT molecular complexity index is 899. The van der Waals surface area contributed by atoms with E-state index in [1.165, 1.54) is 11.3 Å². The predicted molar refractivity (Wildman–Crippen MR) is 105 cm³/mol. The molecule has 0 aromatic carbocycles. The number of nitrogens with zero attached hydrogens (tertiary/aromatic N) is 3. The fraction of sp³-hybridized carbons (Fsp3) is 0.353. The SMILES string of the molecule is CCC1=C(C(=O)O)N2C3=CC=C(C(=NC)c4csc(N)n4)NC3[C@H]2SC1. The molecule has 4 heterocycles. The first kappa shape index (κ1) is 17.2. The first-order valence-corrected chi connectivity index (χ1v) is 10.2. The van der Waals surface area contributed by atoms with Gasteiger partial charge in [-0.1, -0.05) is 6.92 Å². The Kier molecular flexibility index (Phi) is 4.28. The van der Waals surface area contributed by atoms with Gasteiger partial charge in [-0.2, -0.15) is 0 Å². The number of aliphatic carboxylic acids is 1. The highest BCUT2D eigenvalue weighted by molar-refractivity contribution is 8.00. The van der Waals surface area contributed by atoms with E-state index >= 15 is 0 Å². The van der Waals surface area contributed by atoms with Crippen molar-refractivity contribution in [3.63, 3.8) is 0 Å². The summed E-state index contributed by atoms with van der Waals surface area (Å²) in [6.45, 7) is 2.01. The summed E-state index contributed by atoms with van der Waals surface area (Å²) in [5.74, 6) is -0.101. The molecule has 7 nitrogen and oxygen atoms in total. The molecule has 3 aliphatic rings. The van der Waals surface area contributed by atoms with Gasteiger partial charge in [0.05, 0.1) is 11.7 Å². The van der Waals surface area contributed by atoms with Gasteiger partial charge in [-0.05, 0) is 24.1 Å². The number of carbonyl (C=O) groups is 1. The van der Waals surface area contributed by atoms with E-state index in [4.69, 9.17) is 5.73 Å². The number of fused-ring (bicyclic) bond motifs is 4. The lowest BCUT2D eigenvalue weighted by molar-refractivity contribution is -0.135. The minimum Gasteiger partial charge on any atom is -0.477 e. The molecule has 1 aromatic heterocycles. The third-order valence-electron chi connectivity index (χ3n) is 4.74. The van der Waals surface area contributed by atoms with Crippen molar-refractivity contribution in [1.29, 1.82) is 0 Å². The third-order valence-corrected chi connectivity index (χ3v) is 6.76. The average molecular weight is 390 g/mol. The number of aromatic nitrogens is 1. The molecule has 0 radical (unpaired) electrons. The maximum atomic E-state index is 11.8. The number of thioether (sulfide) groups is 1. The molecule has 0 bridgehead atoms. The van der Waals surface area contributed by atoms with E-state index in [1.54, 1.807) is 18.8 Å². The Balaban J connectivity index is 1.67. The minimum absolute atomic E-state index is 0.0699. The quantitative estimate of drug-likeness (QED) is 0.677. The Morgan fingerprint density at radius 2 is 2.35 bits per heavy atom. The van der Waals surface area contributed by atoms with Crippen molar-refractivity contribution in [3.8, 4) is 0 Å². The van der Waals surface area contributed by atoms with Crippen LogP contribution in [-0.4, -0.2) is 50.9 Å².